The Balaban J connectivity index is 2.04. The van der Waals surface area contributed by atoms with E-state index in [1.165, 1.54) is 6.08 Å². The molecule has 3 N–H and O–H groups in total. The van der Waals surface area contributed by atoms with Crippen molar-refractivity contribution < 1.29 is 53.6 Å². The van der Waals surface area contributed by atoms with Crippen LogP contribution in [-0.2, 0) is 38.2 Å². The number of ketones is 1. The largest absolute Gasteiger partial charge is 0.478 e. The second-order valence-corrected chi connectivity index (χ2v) is 9.39. The third kappa shape index (κ3) is 6.28. The van der Waals surface area contributed by atoms with Gasteiger partial charge < -0.3 is 24.8 Å². The minimum Gasteiger partial charge on any atom is -0.478 e. The lowest BCUT2D eigenvalue weighted by Crippen LogP contribution is -2.35. The highest BCUT2D eigenvalue weighted by Crippen LogP contribution is 2.41. The van der Waals surface area contributed by atoms with Crippen LogP contribution in [0.5, 0.6) is 0 Å². The zero-order chi connectivity index (χ0) is 27.3. The minimum absolute atomic E-state index is 0.0342. The summed E-state index contributed by atoms with van der Waals surface area (Å²) < 4.78 is 9.48. The number of hydrogen-bond donors (Lipinski definition) is 3. The van der Waals surface area contributed by atoms with Gasteiger partial charge in [-0.1, -0.05) is 32.3 Å². The first-order chi connectivity index (χ1) is 17.6. The van der Waals surface area contributed by atoms with Crippen LogP contribution in [0.4, 0.5) is 0 Å². The summed E-state index contributed by atoms with van der Waals surface area (Å²) in [5, 5.41) is 30.8. The maximum absolute atomic E-state index is 13.3. The normalized spacial score (nSPS) is 24.9. The Morgan fingerprint density at radius 2 is 1.54 bits per heavy atom. The number of unbranched alkanes of at least 4 members (excludes halogenated alkanes) is 3. The van der Waals surface area contributed by atoms with Gasteiger partial charge in [0.05, 0.1) is 28.7 Å². The maximum Gasteiger partial charge on any atom is 0.345 e. The van der Waals surface area contributed by atoms with E-state index in [0.29, 0.717) is 6.42 Å². The molecule has 200 valence electrons. The molecule has 2 aliphatic heterocycles. The Morgan fingerprint density at radius 3 is 2.14 bits per heavy atom. The van der Waals surface area contributed by atoms with Crippen LogP contribution in [0.15, 0.2) is 34.4 Å². The van der Waals surface area contributed by atoms with Gasteiger partial charge >= 0.3 is 29.8 Å². The van der Waals surface area contributed by atoms with Crippen molar-refractivity contribution in [1.29, 1.82) is 0 Å². The van der Waals surface area contributed by atoms with E-state index in [1.54, 1.807) is 0 Å². The lowest BCUT2D eigenvalue weighted by molar-refractivity contribution is -0.154. The molecule has 37 heavy (non-hydrogen) atoms. The highest BCUT2D eigenvalue weighted by atomic mass is 16.6. The van der Waals surface area contributed by atoms with Gasteiger partial charge in [-0.25, -0.2) is 24.0 Å². The number of carbonyl (C=O) groups is 6. The first kappa shape index (κ1) is 28.1. The molecule has 4 atom stereocenters. The van der Waals surface area contributed by atoms with Crippen LogP contribution in [0.3, 0.4) is 0 Å². The molecule has 0 fully saturated rings. The Hall–Kier alpha value is -3.44. The quantitative estimate of drug-likeness (QED) is 0.156. The summed E-state index contributed by atoms with van der Waals surface area (Å²) in [6.45, 7) is 1.99. The smallest absolute Gasteiger partial charge is 0.345 e. The maximum atomic E-state index is 13.3. The fraction of sp³-hybridized carbons (Fsp3) is 0.538. The number of aliphatic hydroxyl groups excluding tert-OH is 2. The van der Waals surface area contributed by atoms with Crippen molar-refractivity contribution in [3.63, 3.8) is 0 Å². The van der Waals surface area contributed by atoms with E-state index in [0.717, 1.165) is 25.3 Å². The first-order valence-electron chi connectivity index (χ1n) is 12.3. The van der Waals surface area contributed by atoms with E-state index >= 15 is 0 Å². The molecular formula is C26H30O11. The van der Waals surface area contributed by atoms with Crippen molar-refractivity contribution in [3.8, 4) is 0 Å². The first-order valence-corrected chi connectivity index (χ1v) is 12.3. The van der Waals surface area contributed by atoms with Crippen molar-refractivity contribution in [2.45, 2.75) is 76.9 Å². The molecule has 3 rings (SSSR count). The zero-order valence-corrected chi connectivity index (χ0v) is 20.4. The number of carbonyl (C=O) groups excluding carboxylic acids is 5. The number of aliphatic hydroxyl groups is 2. The van der Waals surface area contributed by atoms with Crippen LogP contribution < -0.4 is 0 Å². The lowest BCUT2D eigenvalue weighted by atomic mass is 9.81. The van der Waals surface area contributed by atoms with Crippen molar-refractivity contribution in [2.75, 3.05) is 0 Å². The topological polar surface area (TPSA) is 182 Å². The highest BCUT2D eigenvalue weighted by molar-refractivity contribution is 6.17. The molecule has 0 bridgehead atoms. The summed E-state index contributed by atoms with van der Waals surface area (Å²) in [5.74, 6) is -8.60. The van der Waals surface area contributed by atoms with Crippen molar-refractivity contribution in [2.24, 2.45) is 11.8 Å². The lowest BCUT2D eigenvalue weighted by Gasteiger charge is -2.22. The molecule has 2 heterocycles. The Labute approximate surface area is 212 Å². The molecule has 0 spiro atoms. The monoisotopic (exact) mass is 518 g/mol. The molecule has 11 heteroatoms. The van der Waals surface area contributed by atoms with Gasteiger partial charge in [-0.05, 0) is 38.0 Å². The molecule has 0 saturated carbocycles. The average molecular weight is 519 g/mol. The van der Waals surface area contributed by atoms with Crippen LogP contribution in [-0.4, -0.2) is 63.2 Å². The van der Waals surface area contributed by atoms with E-state index < -0.39 is 65.2 Å². The molecule has 0 radical (unpaired) electrons. The van der Waals surface area contributed by atoms with Crippen molar-refractivity contribution in [3.05, 3.63) is 34.4 Å². The summed E-state index contributed by atoms with van der Waals surface area (Å²) >= 11 is 0. The number of ether oxygens (including phenoxy) is 2. The summed E-state index contributed by atoms with van der Waals surface area (Å²) in [6.07, 6.45) is 1.67. The highest BCUT2D eigenvalue weighted by Gasteiger charge is 2.50. The molecule has 11 nitrogen and oxygen atoms in total. The van der Waals surface area contributed by atoms with Gasteiger partial charge in [-0.15, -0.1) is 0 Å². The van der Waals surface area contributed by atoms with Gasteiger partial charge in [0.2, 0.25) is 0 Å². The van der Waals surface area contributed by atoms with Crippen molar-refractivity contribution >= 4 is 35.6 Å². The average Bonchev–Trinajstić information content (AvgIpc) is 3.28. The van der Waals surface area contributed by atoms with Gasteiger partial charge in [0.1, 0.15) is 11.9 Å². The van der Waals surface area contributed by atoms with Gasteiger partial charge in [0.25, 0.3) is 0 Å². The summed E-state index contributed by atoms with van der Waals surface area (Å²) in [7, 11) is 0. The summed E-state index contributed by atoms with van der Waals surface area (Å²) in [4.78, 5) is 74.4. The summed E-state index contributed by atoms with van der Waals surface area (Å²) in [5.41, 5.74) is -1.26. The molecule has 0 aromatic heterocycles. The van der Waals surface area contributed by atoms with E-state index in [9.17, 15) is 39.0 Å². The zero-order valence-electron chi connectivity index (χ0n) is 20.4. The van der Waals surface area contributed by atoms with Crippen LogP contribution in [0, 0.1) is 11.8 Å². The molecule has 1 aliphatic carbocycles. The number of carboxylic acids is 1. The molecule has 0 saturated heterocycles. The van der Waals surface area contributed by atoms with E-state index in [-0.39, 0.29) is 48.8 Å². The van der Waals surface area contributed by atoms with Crippen LogP contribution in [0.1, 0.15) is 64.7 Å². The van der Waals surface area contributed by atoms with Crippen molar-refractivity contribution in [1.82, 2.24) is 0 Å². The molecule has 0 aromatic carbocycles. The fourth-order valence-corrected chi connectivity index (χ4v) is 4.97. The third-order valence-electron chi connectivity index (χ3n) is 6.87. The standard InChI is InChI=1S/C26H30O11/c1-2-3-4-5-9-17(28)21-19-14(23(32)36-25(19)34)11-13(16(27)8-6-7-10-18(29)30)12-15-20(22(21)31)26(35)37-24(15)33/h7,10,13,16,21-22,27,31H,2-6,8-9,11-12H2,1H3,(H,29,30)/t13-,16-,21-,22+/m1/s1. The predicted octanol–water partition coefficient (Wildman–Crippen LogP) is 1.45. The third-order valence-corrected chi connectivity index (χ3v) is 6.87. The van der Waals surface area contributed by atoms with Crippen LogP contribution in [0.25, 0.3) is 0 Å². The predicted molar refractivity (Wildman–Crippen MR) is 124 cm³/mol. The van der Waals surface area contributed by atoms with Gasteiger partial charge in [-0.3, -0.25) is 4.79 Å². The van der Waals surface area contributed by atoms with Gasteiger partial charge in [-0.2, -0.15) is 0 Å². The number of aliphatic carboxylic acids is 1. The number of carboxylic acid groups (broad SMARTS) is 1. The SMILES string of the molecule is CCCCCCC(=O)[C@@H]1C2=C(C[C@@H]([C@H](O)CCC=CC(=O)O)CC3=C(C(=O)OC3=O)[C@@H]1O)C(=O)OC2=O. The number of allylic oxidation sites excluding steroid dienone is 1. The minimum atomic E-state index is -1.93. The Bertz CT molecular complexity index is 1090. The number of rotatable bonds is 11. The Kier molecular flexibility index (Phi) is 9.28. The number of esters is 4. The van der Waals surface area contributed by atoms with E-state index in [4.69, 9.17) is 14.6 Å². The molecule has 0 amide bonds. The number of Topliss-reactive ketones (excluding diaryl/α,β-unsaturated/α-hetero) is 1. The second kappa shape index (κ2) is 12.2. The van der Waals surface area contributed by atoms with E-state index in [2.05, 4.69) is 0 Å². The van der Waals surface area contributed by atoms with Crippen LogP contribution >= 0.6 is 0 Å². The number of cyclic esters (lactones) is 4. The molecule has 0 unspecified atom stereocenters. The summed E-state index contributed by atoms with van der Waals surface area (Å²) in [6, 6.07) is 0. The Morgan fingerprint density at radius 1 is 0.946 bits per heavy atom. The number of hydrogen-bond acceptors (Lipinski definition) is 10. The second-order valence-electron chi connectivity index (χ2n) is 9.39. The van der Waals surface area contributed by atoms with Crippen LogP contribution in [0.2, 0.25) is 0 Å². The molecule has 0 aromatic rings. The molecule has 3 aliphatic rings. The van der Waals surface area contributed by atoms with Gasteiger partial charge in [0.15, 0.2) is 0 Å². The molecular weight excluding hydrogens is 488 g/mol. The van der Waals surface area contributed by atoms with Gasteiger partial charge in [0, 0.05) is 18.1 Å². The fourth-order valence-electron chi connectivity index (χ4n) is 4.97. The van der Waals surface area contributed by atoms with E-state index in [1.807, 2.05) is 6.92 Å².